The van der Waals surface area contributed by atoms with Gasteiger partial charge in [-0.3, -0.25) is 4.79 Å². The number of hydrogen-bond donors (Lipinski definition) is 2. The third-order valence-electron chi connectivity index (χ3n) is 4.97. The first-order valence-electron chi connectivity index (χ1n) is 11.2. The van der Waals surface area contributed by atoms with Crippen LogP contribution in [0.5, 0.6) is 0 Å². The Kier molecular flexibility index (Phi) is 20.2. The van der Waals surface area contributed by atoms with E-state index in [4.69, 9.17) is 10.5 Å². The average Bonchev–Trinajstić information content (AvgIpc) is 2.64. The number of aliphatic hydroxyl groups excluding tert-OH is 1. The van der Waals surface area contributed by atoms with Crippen LogP contribution in [0.25, 0.3) is 0 Å². The van der Waals surface area contributed by atoms with Gasteiger partial charge in [0, 0.05) is 19.4 Å². The van der Waals surface area contributed by atoms with Crippen molar-refractivity contribution in [1.82, 2.24) is 0 Å². The van der Waals surface area contributed by atoms with E-state index >= 15 is 0 Å². The molecule has 0 aliphatic rings. The summed E-state index contributed by atoms with van der Waals surface area (Å²) in [4.78, 5) is 11.5. The molecule has 0 aromatic heterocycles. The molecule has 0 heterocycles. The van der Waals surface area contributed by atoms with Crippen LogP contribution in [0.15, 0.2) is 0 Å². The average molecular weight is 372 g/mol. The van der Waals surface area contributed by atoms with E-state index in [2.05, 4.69) is 6.92 Å². The third kappa shape index (κ3) is 19.7. The Morgan fingerprint density at radius 2 is 1.23 bits per heavy atom. The molecule has 0 saturated heterocycles. The van der Waals surface area contributed by atoms with Crippen LogP contribution in [-0.4, -0.2) is 30.3 Å². The predicted molar refractivity (Wildman–Crippen MR) is 110 cm³/mol. The number of unbranched alkanes of at least 4 members (excludes halogenated alkanes) is 14. The maximum Gasteiger partial charge on any atom is 0.305 e. The van der Waals surface area contributed by atoms with E-state index in [0.29, 0.717) is 12.8 Å². The van der Waals surface area contributed by atoms with Crippen LogP contribution in [0.1, 0.15) is 116 Å². The van der Waals surface area contributed by atoms with Crippen LogP contribution in [0.2, 0.25) is 0 Å². The Morgan fingerprint density at radius 1 is 0.808 bits per heavy atom. The van der Waals surface area contributed by atoms with Crippen molar-refractivity contribution < 1.29 is 14.6 Å². The second-order valence-electron chi connectivity index (χ2n) is 7.60. The van der Waals surface area contributed by atoms with Crippen LogP contribution in [-0.2, 0) is 9.53 Å². The first-order valence-corrected chi connectivity index (χ1v) is 11.2. The molecule has 0 radical (unpaired) electrons. The van der Waals surface area contributed by atoms with Crippen molar-refractivity contribution in [2.75, 3.05) is 13.2 Å². The number of aliphatic hydroxyl groups is 1. The highest BCUT2D eigenvalue weighted by atomic mass is 16.5. The minimum absolute atomic E-state index is 0.149. The largest absolute Gasteiger partial charge is 0.466 e. The van der Waals surface area contributed by atoms with Gasteiger partial charge in [0.15, 0.2) is 0 Å². The number of esters is 1. The molecule has 0 aliphatic heterocycles. The van der Waals surface area contributed by atoms with Crippen LogP contribution in [0, 0.1) is 0 Å². The smallest absolute Gasteiger partial charge is 0.305 e. The minimum atomic E-state index is -0.561. The van der Waals surface area contributed by atoms with Crippen molar-refractivity contribution in [3.05, 3.63) is 0 Å². The number of ether oxygens (including phenoxy) is 1. The fraction of sp³-hybridized carbons (Fsp3) is 0.955. The van der Waals surface area contributed by atoms with Gasteiger partial charge >= 0.3 is 5.97 Å². The lowest BCUT2D eigenvalue weighted by Crippen LogP contribution is -2.22. The highest BCUT2D eigenvalue weighted by molar-refractivity contribution is 5.69. The summed E-state index contributed by atoms with van der Waals surface area (Å²) >= 11 is 0. The van der Waals surface area contributed by atoms with E-state index in [9.17, 15) is 9.90 Å². The van der Waals surface area contributed by atoms with Crippen LogP contribution >= 0.6 is 0 Å². The van der Waals surface area contributed by atoms with E-state index in [1.54, 1.807) is 0 Å². The first kappa shape index (κ1) is 25.4. The molecule has 1 unspecified atom stereocenters. The van der Waals surface area contributed by atoms with E-state index in [0.717, 1.165) is 12.8 Å². The fourth-order valence-corrected chi connectivity index (χ4v) is 3.14. The summed E-state index contributed by atoms with van der Waals surface area (Å²) in [6.07, 6.45) is 20.2. The molecule has 26 heavy (non-hydrogen) atoms. The lowest BCUT2D eigenvalue weighted by molar-refractivity contribution is -0.144. The molecule has 0 spiro atoms. The Balaban J connectivity index is 3.14. The monoisotopic (exact) mass is 371 g/mol. The molecular weight excluding hydrogens is 326 g/mol. The molecule has 0 rings (SSSR count). The van der Waals surface area contributed by atoms with Crippen molar-refractivity contribution in [2.24, 2.45) is 5.73 Å². The van der Waals surface area contributed by atoms with Crippen molar-refractivity contribution in [1.29, 1.82) is 0 Å². The lowest BCUT2D eigenvalue weighted by atomic mass is 10.0. The Labute approximate surface area is 162 Å². The molecule has 0 aromatic carbocycles. The normalized spacial score (nSPS) is 12.3. The van der Waals surface area contributed by atoms with E-state index in [1.165, 1.54) is 83.5 Å². The van der Waals surface area contributed by atoms with Crippen molar-refractivity contribution in [2.45, 2.75) is 122 Å². The second-order valence-corrected chi connectivity index (χ2v) is 7.60. The SMILES string of the molecule is CCCCCCCCCCCCCCCCCC(=O)OCCC(O)CN. The summed E-state index contributed by atoms with van der Waals surface area (Å²) in [5.74, 6) is -0.149. The summed E-state index contributed by atoms with van der Waals surface area (Å²) in [5.41, 5.74) is 5.30. The van der Waals surface area contributed by atoms with Gasteiger partial charge in [-0.1, -0.05) is 96.8 Å². The molecule has 4 nitrogen and oxygen atoms in total. The van der Waals surface area contributed by atoms with E-state index < -0.39 is 6.10 Å². The predicted octanol–water partition coefficient (Wildman–Crippen LogP) is 5.50. The topological polar surface area (TPSA) is 72.5 Å². The quantitative estimate of drug-likeness (QED) is 0.219. The van der Waals surface area contributed by atoms with Crippen LogP contribution in [0.3, 0.4) is 0 Å². The molecule has 0 fully saturated rings. The van der Waals surface area contributed by atoms with Gasteiger partial charge in [0.2, 0.25) is 0 Å². The standard InChI is InChI=1S/C22H45NO3/c1-2-3-4-5-6-7-8-9-10-11-12-13-14-15-16-17-22(25)26-19-18-21(24)20-23/h21,24H,2-20,23H2,1H3. The van der Waals surface area contributed by atoms with E-state index in [-0.39, 0.29) is 19.1 Å². The van der Waals surface area contributed by atoms with Gasteiger partial charge in [0.1, 0.15) is 0 Å². The molecule has 0 saturated carbocycles. The van der Waals surface area contributed by atoms with Gasteiger partial charge in [-0.25, -0.2) is 0 Å². The molecule has 0 bridgehead atoms. The highest BCUT2D eigenvalue weighted by Gasteiger charge is 2.05. The van der Waals surface area contributed by atoms with Gasteiger partial charge < -0.3 is 15.6 Å². The molecule has 1 atom stereocenters. The van der Waals surface area contributed by atoms with Gasteiger partial charge in [-0.2, -0.15) is 0 Å². The fourth-order valence-electron chi connectivity index (χ4n) is 3.14. The number of carbonyl (C=O) groups is 1. The summed E-state index contributed by atoms with van der Waals surface area (Å²) < 4.78 is 5.08. The van der Waals surface area contributed by atoms with Crippen LogP contribution in [0.4, 0.5) is 0 Å². The molecule has 0 aliphatic carbocycles. The molecule has 3 N–H and O–H groups in total. The maximum absolute atomic E-state index is 11.5. The summed E-state index contributed by atoms with van der Waals surface area (Å²) in [7, 11) is 0. The minimum Gasteiger partial charge on any atom is -0.466 e. The zero-order chi connectivity index (χ0) is 19.3. The Bertz CT molecular complexity index is 297. The zero-order valence-electron chi connectivity index (χ0n) is 17.4. The van der Waals surface area contributed by atoms with Crippen molar-refractivity contribution >= 4 is 5.97 Å². The van der Waals surface area contributed by atoms with Crippen molar-refractivity contribution in [3.8, 4) is 0 Å². The summed E-state index contributed by atoms with van der Waals surface area (Å²) in [5, 5.41) is 9.27. The summed E-state index contributed by atoms with van der Waals surface area (Å²) in [6.45, 7) is 2.76. The second kappa shape index (κ2) is 20.7. The number of hydrogen-bond acceptors (Lipinski definition) is 4. The Morgan fingerprint density at radius 3 is 1.65 bits per heavy atom. The van der Waals surface area contributed by atoms with Crippen LogP contribution < -0.4 is 5.73 Å². The molecule has 0 aromatic rings. The lowest BCUT2D eigenvalue weighted by Gasteiger charge is -2.08. The van der Waals surface area contributed by atoms with Gasteiger partial charge in [-0.05, 0) is 6.42 Å². The van der Waals surface area contributed by atoms with Gasteiger partial charge in [0.05, 0.1) is 12.7 Å². The maximum atomic E-state index is 11.5. The third-order valence-corrected chi connectivity index (χ3v) is 4.97. The highest BCUT2D eigenvalue weighted by Crippen LogP contribution is 2.13. The number of nitrogens with two attached hydrogens (primary N) is 1. The first-order chi connectivity index (χ1) is 12.7. The summed E-state index contributed by atoms with van der Waals surface area (Å²) in [6, 6.07) is 0. The molecule has 4 heteroatoms. The molecular formula is C22H45NO3. The van der Waals surface area contributed by atoms with Gasteiger partial charge in [-0.15, -0.1) is 0 Å². The van der Waals surface area contributed by atoms with Gasteiger partial charge in [0.25, 0.3) is 0 Å². The van der Waals surface area contributed by atoms with Crippen molar-refractivity contribution in [3.63, 3.8) is 0 Å². The molecule has 156 valence electrons. The van der Waals surface area contributed by atoms with E-state index in [1.807, 2.05) is 0 Å². The zero-order valence-corrected chi connectivity index (χ0v) is 17.4. The number of rotatable bonds is 20. The molecule has 0 amide bonds. The Hall–Kier alpha value is -0.610. The number of carbonyl (C=O) groups excluding carboxylic acids is 1.